The van der Waals surface area contributed by atoms with Gasteiger partial charge in [0, 0.05) is 30.8 Å². The highest BCUT2D eigenvalue weighted by atomic mass is 16.2. The Balaban J connectivity index is 1.73. The monoisotopic (exact) mass is 270 g/mol. The minimum atomic E-state index is 0.0906. The molecule has 5 heteroatoms. The zero-order valence-corrected chi connectivity index (χ0v) is 11.5. The van der Waals surface area contributed by atoms with E-state index in [2.05, 4.69) is 15.0 Å². The second-order valence-corrected chi connectivity index (χ2v) is 5.23. The molecule has 1 amide bonds. The molecule has 1 aliphatic heterocycles. The van der Waals surface area contributed by atoms with Gasteiger partial charge in [0.15, 0.2) is 0 Å². The Hall–Kier alpha value is -2.17. The van der Waals surface area contributed by atoms with Gasteiger partial charge >= 0.3 is 0 Å². The van der Waals surface area contributed by atoms with Crippen LogP contribution in [0.3, 0.4) is 0 Å². The van der Waals surface area contributed by atoms with Gasteiger partial charge in [0.2, 0.25) is 5.91 Å². The van der Waals surface area contributed by atoms with Crippen LogP contribution in [-0.4, -0.2) is 32.3 Å². The summed E-state index contributed by atoms with van der Waals surface area (Å²) in [5.74, 6) is 1.05. The summed E-state index contributed by atoms with van der Waals surface area (Å²) >= 11 is 0. The normalized spacial score (nSPS) is 18.4. The van der Waals surface area contributed by atoms with Crippen molar-refractivity contribution in [3.63, 3.8) is 0 Å². The lowest BCUT2D eigenvalue weighted by molar-refractivity contribution is -0.131. The Morgan fingerprint density at radius 3 is 3.10 bits per heavy atom. The van der Waals surface area contributed by atoms with Crippen LogP contribution in [0.25, 0.3) is 0 Å². The molecule has 2 aromatic heterocycles. The molecule has 5 nitrogen and oxygen atoms in total. The lowest BCUT2D eigenvalue weighted by atomic mass is 10.1. The summed E-state index contributed by atoms with van der Waals surface area (Å²) in [7, 11) is 0. The average molecular weight is 270 g/mol. The van der Waals surface area contributed by atoms with E-state index in [1.165, 1.54) is 0 Å². The molecule has 1 aliphatic rings. The van der Waals surface area contributed by atoms with Crippen molar-refractivity contribution < 1.29 is 4.79 Å². The molecule has 0 aromatic carbocycles. The molecule has 20 heavy (non-hydrogen) atoms. The van der Waals surface area contributed by atoms with Gasteiger partial charge in [-0.2, -0.15) is 0 Å². The van der Waals surface area contributed by atoms with E-state index < -0.39 is 0 Å². The van der Waals surface area contributed by atoms with Crippen molar-refractivity contribution >= 4 is 5.91 Å². The third-order valence-corrected chi connectivity index (χ3v) is 3.69. The van der Waals surface area contributed by atoms with Gasteiger partial charge in [-0.25, -0.2) is 4.98 Å². The molecule has 104 valence electrons. The van der Waals surface area contributed by atoms with Crippen molar-refractivity contribution in [1.29, 1.82) is 0 Å². The molecule has 1 saturated heterocycles. The Kier molecular flexibility index (Phi) is 3.50. The van der Waals surface area contributed by atoms with E-state index in [9.17, 15) is 4.79 Å². The number of imidazole rings is 1. The summed E-state index contributed by atoms with van der Waals surface area (Å²) in [6, 6.07) is 3.89. The fourth-order valence-corrected chi connectivity index (χ4v) is 2.73. The summed E-state index contributed by atoms with van der Waals surface area (Å²) in [5, 5.41) is 0. The van der Waals surface area contributed by atoms with Gasteiger partial charge < -0.3 is 9.88 Å². The number of nitrogens with one attached hydrogen (secondary N) is 1. The quantitative estimate of drug-likeness (QED) is 0.928. The number of aromatic amines is 1. The van der Waals surface area contributed by atoms with Crippen molar-refractivity contribution in [2.75, 3.05) is 6.54 Å². The van der Waals surface area contributed by atoms with E-state index in [0.717, 1.165) is 36.5 Å². The van der Waals surface area contributed by atoms with Crippen LogP contribution in [0.5, 0.6) is 0 Å². The van der Waals surface area contributed by atoms with Crippen molar-refractivity contribution in [2.24, 2.45) is 0 Å². The van der Waals surface area contributed by atoms with Crippen molar-refractivity contribution in [3.8, 4) is 0 Å². The maximum absolute atomic E-state index is 12.5. The highest BCUT2D eigenvalue weighted by Crippen LogP contribution is 2.30. The van der Waals surface area contributed by atoms with Crippen LogP contribution >= 0.6 is 0 Å². The summed E-state index contributed by atoms with van der Waals surface area (Å²) < 4.78 is 0. The fraction of sp³-hybridized carbons (Fsp3) is 0.400. The second-order valence-electron chi connectivity index (χ2n) is 5.23. The first-order chi connectivity index (χ1) is 9.74. The van der Waals surface area contributed by atoms with Crippen LogP contribution < -0.4 is 0 Å². The summed E-state index contributed by atoms with van der Waals surface area (Å²) in [6.07, 6.45) is 7.70. The smallest absolute Gasteiger partial charge is 0.227 e. The number of nitrogens with zero attached hydrogens (tertiary/aromatic N) is 3. The zero-order valence-electron chi connectivity index (χ0n) is 11.5. The first-order valence-corrected chi connectivity index (χ1v) is 6.94. The molecule has 0 unspecified atom stereocenters. The highest BCUT2D eigenvalue weighted by Gasteiger charge is 2.31. The number of likely N-dealkylation sites (tertiary alicyclic amines) is 1. The Morgan fingerprint density at radius 1 is 1.50 bits per heavy atom. The third-order valence-electron chi connectivity index (χ3n) is 3.69. The number of hydrogen-bond donors (Lipinski definition) is 1. The van der Waals surface area contributed by atoms with Crippen LogP contribution in [-0.2, 0) is 11.2 Å². The molecule has 0 radical (unpaired) electrons. The molecule has 0 aliphatic carbocycles. The van der Waals surface area contributed by atoms with Crippen LogP contribution in [0.15, 0.2) is 30.7 Å². The zero-order chi connectivity index (χ0) is 13.9. The van der Waals surface area contributed by atoms with Crippen molar-refractivity contribution in [2.45, 2.75) is 32.2 Å². The molecular weight excluding hydrogens is 252 g/mol. The maximum Gasteiger partial charge on any atom is 0.227 e. The van der Waals surface area contributed by atoms with Crippen molar-refractivity contribution in [1.82, 2.24) is 19.9 Å². The van der Waals surface area contributed by atoms with Gasteiger partial charge in [-0.1, -0.05) is 6.07 Å². The lowest BCUT2D eigenvalue weighted by Gasteiger charge is -2.23. The van der Waals surface area contributed by atoms with E-state index in [1.807, 2.05) is 30.2 Å². The van der Waals surface area contributed by atoms with Crippen LogP contribution in [0, 0.1) is 6.92 Å². The topological polar surface area (TPSA) is 61.9 Å². The molecule has 0 saturated carbocycles. The average Bonchev–Trinajstić information content (AvgIpc) is 3.08. The highest BCUT2D eigenvalue weighted by molar-refractivity contribution is 5.79. The molecule has 1 fully saturated rings. The number of hydrogen-bond acceptors (Lipinski definition) is 3. The number of H-pyrrole nitrogens is 1. The first kappa shape index (κ1) is 12.8. The molecule has 3 rings (SSSR count). The van der Waals surface area contributed by atoms with E-state index in [0.29, 0.717) is 6.42 Å². The van der Waals surface area contributed by atoms with E-state index in [-0.39, 0.29) is 11.9 Å². The van der Waals surface area contributed by atoms with Gasteiger partial charge in [-0.3, -0.25) is 9.78 Å². The number of aromatic nitrogens is 3. The summed E-state index contributed by atoms with van der Waals surface area (Å²) in [4.78, 5) is 26.1. The molecule has 2 aromatic rings. The Bertz CT molecular complexity index is 593. The van der Waals surface area contributed by atoms with Gasteiger partial charge in [-0.15, -0.1) is 0 Å². The van der Waals surface area contributed by atoms with Gasteiger partial charge in [0.1, 0.15) is 5.82 Å². The molecule has 1 N–H and O–H groups in total. The van der Waals surface area contributed by atoms with Crippen LogP contribution in [0.1, 0.15) is 36.0 Å². The molecule has 3 heterocycles. The van der Waals surface area contributed by atoms with Crippen molar-refractivity contribution in [3.05, 3.63) is 47.8 Å². The standard InChI is InChI=1S/C15H18N4O/c1-11-9-17-15(18-11)13-5-3-7-19(13)14(20)8-12-4-2-6-16-10-12/h2,4,6,9-10,13H,3,5,7-8H2,1H3,(H,17,18)/t13-/m1/s1. The largest absolute Gasteiger partial charge is 0.344 e. The van der Waals surface area contributed by atoms with E-state index in [1.54, 1.807) is 12.4 Å². The molecule has 0 bridgehead atoms. The SMILES string of the molecule is Cc1cnc([C@H]2CCCN2C(=O)Cc2cccnc2)[nH]1. The molecule has 1 atom stereocenters. The number of pyridine rings is 1. The molecule has 0 spiro atoms. The first-order valence-electron chi connectivity index (χ1n) is 6.94. The van der Waals surface area contributed by atoms with Gasteiger partial charge in [0.25, 0.3) is 0 Å². The fourth-order valence-electron chi connectivity index (χ4n) is 2.73. The van der Waals surface area contributed by atoms with Crippen LogP contribution in [0.2, 0.25) is 0 Å². The minimum absolute atomic E-state index is 0.0906. The Labute approximate surface area is 118 Å². The number of carbonyl (C=O) groups is 1. The number of rotatable bonds is 3. The second kappa shape index (κ2) is 5.45. The number of amides is 1. The molecular formula is C15H18N4O. The minimum Gasteiger partial charge on any atom is -0.344 e. The lowest BCUT2D eigenvalue weighted by Crippen LogP contribution is -2.32. The summed E-state index contributed by atoms with van der Waals surface area (Å²) in [5.41, 5.74) is 1.99. The van der Waals surface area contributed by atoms with Gasteiger partial charge in [0.05, 0.1) is 12.5 Å². The predicted octanol–water partition coefficient (Wildman–Crippen LogP) is 2.02. The van der Waals surface area contributed by atoms with Gasteiger partial charge in [-0.05, 0) is 31.4 Å². The Morgan fingerprint density at radius 2 is 2.40 bits per heavy atom. The predicted molar refractivity (Wildman–Crippen MR) is 75.0 cm³/mol. The summed E-state index contributed by atoms with van der Waals surface area (Å²) in [6.45, 7) is 2.79. The third kappa shape index (κ3) is 2.57. The van der Waals surface area contributed by atoms with E-state index in [4.69, 9.17) is 0 Å². The maximum atomic E-state index is 12.5. The number of carbonyl (C=O) groups excluding carboxylic acids is 1. The van der Waals surface area contributed by atoms with Crippen LogP contribution in [0.4, 0.5) is 0 Å². The number of aryl methyl sites for hydroxylation is 1. The van der Waals surface area contributed by atoms with E-state index >= 15 is 0 Å².